The van der Waals surface area contributed by atoms with Crippen molar-refractivity contribution in [3.05, 3.63) is 35.9 Å². The van der Waals surface area contributed by atoms with Gasteiger partial charge in [-0.1, -0.05) is 44.2 Å². The van der Waals surface area contributed by atoms with Crippen LogP contribution in [-0.4, -0.2) is 28.9 Å². The summed E-state index contributed by atoms with van der Waals surface area (Å²) in [6, 6.07) is 9.63. The number of hydrogen-bond acceptors (Lipinski definition) is 3. The van der Waals surface area contributed by atoms with Gasteiger partial charge in [-0.25, -0.2) is 4.79 Å². The molecule has 0 aliphatic rings. The Morgan fingerprint density at radius 2 is 1.77 bits per heavy atom. The van der Waals surface area contributed by atoms with Gasteiger partial charge in [-0.05, 0) is 32.8 Å². The van der Waals surface area contributed by atoms with Gasteiger partial charge in [0.1, 0.15) is 5.60 Å². The van der Waals surface area contributed by atoms with E-state index in [4.69, 9.17) is 4.74 Å². The van der Waals surface area contributed by atoms with Gasteiger partial charge in [-0.3, -0.25) is 9.69 Å². The number of ether oxygens (including phenoxy) is 1. The van der Waals surface area contributed by atoms with Crippen molar-refractivity contribution in [3.63, 3.8) is 0 Å². The van der Waals surface area contributed by atoms with Crippen molar-refractivity contribution in [2.45, 2.75) is 53.2 Å². The molecule has 1 unspecified atom stereocenters. The highest BCUT2D eigenvalue weighted by molar-refractivity contribution is 5.85. The second kappa shape index (κ2) is 7.97. The molecule has 0 spiro atoms. The zero-order valence-corrected chi connectivity index (χ0v) is 14.3. The minimum absolute atomic E-state index is 0.0549. The standard InChI is InChI=1S/C18H27NO3/c1-6-14(2)16(20)13-19(17(21)22-18(3,4)5)12-15-10-8-7-9-11-15/h7-11,14H,6,12-13H2,1-5H3. The molecule has 1 amide bonds. The predicted octanol–water partition coefficient (Wildman–Crippen LogP) is 4.04. The van der Waals surface area contributed by atoms with Crippen molar-refractivity contribution in [3.8, 4) is 0 Å². The van der Waals surface area contributed by atoms with Gasteiger partial charge >= 0.3 is 6.09 Å². The number of ketones is 1. The number of carbonyl (C=O) groups excluding carboxylic acids is 2. The first kappa shape index (κ1) is 18.2. The molecule has 1 aromatic rings. The lowest BCUT2D eigenvalue weighted by atomic mass is 10.0. The summed E-state index contributed by atoms with van der Waals surface area (Å²) in [5.41, 5.74) is 0.399. The smallest absolute Gasteiger partial charge is 0.410 e. The summed E-state index contributed by atoms with van der Waals surface area (Å²) >= 11 is 0. The molecule has 1 rings (SSSR count). The van der Waals surface area contributed by atoms with Gasteiger partial charge in [0.2, 0.25) is 0 Å². The van der Waals surface area contributed by atoms with Crippen LogP contribution in [-0.2, 0) is 16.1 Å². The Kier molecular flexibility index (Phi) is 6.60. The molecule has 0 radical (unpaired) electrons. The largest absolute Gasteiger partial charge is 0.444 e. The van der Waals surface area contributed by atoms with Crippen LogP contribution in [0.5, 0.6) is 0 Å². The van der Waals surface area contributed by atoms with E-state index in [2.05, 4.69) is 0 Å². The number of benzene rings is 1. The summed E-state index contributed by atoms with van der Waals surface area (Å²) in [5.74, 6) is 0.00463. The number of Topliss-reactive ketones (excluding diaryl/α,β-unsaturated/α-hetero) is 1. The highest BCUT2D eigenvalue weighted by atomic mass is 16.6. The van der Waals surface area contributed by atoms with Gasteiger partial charge in [0.25, 0.3) is 0 Å². The molecule has 4 nitrogen and oxygen atoms in total. The molecule has 0 saturated heterocycles. The lowest BCUT2D eigenvalue weighted by molar-refractivity contribution is -0.123. The number of carbonyl (C=O) groups is 2. The van der Waals surface area contributed by atoms with Crippen LogP contribution in [0.2, 0.25) is 0 Å². The topological polar surface area (TPSA) is 46.6 Å². The van der Waals surface area contributed by atoms with Crippen LogP contribution >= 0.6 is 0 Å². The molecular weight excluding hydrogens is 278 g/mol. The second-order valence-electron chi connectivity index (χ2n) is 6.60. The van der Waals surface area contributed by atoms with Crippen molar-refractivity contribution in [2.75, 3.05) is 6.54 Å². The van der Waals surface area contributed by atoms with Gasteiger partial charge in [0, 0.05) is 12.5 Å². The lowest BCUT2D eigenvalue weighted by Gasteiger charge is -2.27. The monoisotopic (exact) mass is 305 g/mol. The van der Waals surface area contributed by atoms with Crippen molar-refractivity contribution in [1.82, 2.24) is 4.90 Å². The lowest BCUT2D eigenvalue weighted by Crippen LogP contribution is -2.40. The van der Waals surface area contributed by atoms with Crippen LogP contribution in [0.25, 0.3) is 0 Å². The Labute approximate surface area is 133 Å². The average molecular weight is 305 g/mol. The third-order valence-electron chi connectivity index (χ3n) is 3.38. The minimum atomic E-state index is -0.578. The van der Waals surface area contributed by atoms with E-state index in [1.54, 1.807) is 0 Å². The van der Waals surface area contributed by atoms with Gasteiger partial charge < -0.3 is 4.74 Å². The third-order valence-corrected chi connectivity index (χ3v) is 3.38. The summed E-state index contributed by atoms with van der Waals surface area (Å²) in [6.07, 6.45) is 0.319. The average Bonchev–Trinajstić information content (AvgIpc) is 2.44. The highest BCUT2D eigenvalue weighted by Gasteiger charge is 2.25. The van der Waals surface area contributed by atoms with Crippen LogP contribution in [0.3, 0.4) is 0 Å². The number of amides is 1. The van der Waals surface area contributed by atoms with Crippen LogP contribution in [0, 0.1) is 5.92 Å². The maximum Gasteiger partial charge on any atom is 0.410 e. The van der Waals surface area contributed by atoms with E-state index in [1.165, 1.54) is 4.90 Å². The predicted molar refractivity (Wildman–Crippen MR) is 87.5 cm³/mol. The fourth-order valence-corrected chi connectivity index (χ4v) is 1.89. The normalized spacial score (nSPS) is 12.6. The van der Waals surface area contributed by atoms with Gasteiger partial charge in [-0.15, -0.1) is 0 Å². The Balaban J connectivity index is 2.85. The van der Waals surface area contributed by atoms with Crippen LogP contribution in [0.15, 0.2) is 30.3 Å². The van der Waals surface area contributed by atoms with Crippen molar-refractivity contribution >= 4 is 11.9 Å². The first-order valence-corrected chi connectivity index (χ1v) is 7.77. The molecule has 22 heavy (non-hydrogen) atoms. The van der Waals surface area contributed by atoms with E-state index in [-0.39, 0.29) is 18.2 Å². The highest BCUT2D eigenvalue weighted by Crippen LogP contribution is 2.14. The zero-order valence-electron chi connectivity index (χ0n) is 14.3. The van der Waals surface area contributed by atoms with E-state index < -0.39 is 11.7 Å². The molecule has 0 N–H and O–H groups in total. The summed E-state index contributed by atoms with van der Waals surface area (Å²) in [7, 11) is 0. The minimum Gasteiger partial charge on any atom is -0.444 e. The van der Waals surface area contributed by atoms with E-state index in [1.807, 2.05) is 65.0 Å². The number of nitrogens with zero attached hydrogens (tertiary/aromatic N) is 1. The number of hydrogen-bond donors (Lipinski definition) is 0. The molecule has 0 bridgehead atoms. The summed E-state index contributed by atoms with van der Waals surface area (Å²) in [5, 5.41) is 0. The van der Waals surface area contributed by atoms with Crippen molar-refractivity contribution in [1.29, 1.82) is 0 Å². The van der Waals surface area contributed by atoms with Crippen molar-refractivity contribution in [2.24, 2.45) is 5.92 Å². The first-order valence-electron chi connectivity index (χ1n) is 7.77. The Morgan fingerprint density at radius 3 is 2.27 bits per heavy atom. The van der Waals surface area contributed by atoms with Crippen LogP contribution < -0.4 is 0 Å². The Bertz CT molecular complexity index is 491. The first-order chi connectivity index (χ1) is 10.2. The fourth-order valence-electron chi connectivity index (χ4n) is 1.89. The molecule has 0 fully saturated rings. The molecule has 0 aliphatic heterocycles. The molecule has 1 atom stereocenters. The van der Waals surface area contributed by atoms with E-state index in [9.17, 15) is 9.59 Å². The van der Waals surface area contributed by atoms with Gasteiger partial charge in [0.05, 0.1) is 6.54 Å². The van der Waals surface area contributed by atoms with Crippen molar-refractivity contribution < 1.29 is 14.3 Å². The molecular formula is C18H27NO3. The van der Waals surface area contributed by atoms with Gasteiger partial charge in [-0.2, -0.15) is 0 Å². The molecule has 0 heterocycles. The fraction of sp³-hybridized carbons (Fsp3) is 0.556. The SMILES string of the molecule is CCC(C)C(=O)CN(Cc1ccccc1)C(=O)OC(C)(C)C. The van der Waals surface area contributed by atoms with Crippen LogP contribution in [0.4, 0.5) is 4.79 Å². The number of rotatable bonds is 6. The van der Waals surface area contributed by atoms with E-state index in [0.717, 1.165) is 12.0 Å². The molecule has 1 aromatic carbocycles. The Hall–Kier alpha value is -1.84. The molecule has 0 aliphatic carbocycles. The third kappa shape index (κ3) is 6.29. The zero-order chi connectivity index (χ0) is 16.8. The molecule has 122 valence electrons. The molecule has 4 heteroatoms. The summed E-state index contributed by atoms with van der Waals surface area (Å²) in [6.45, 7) is 9.78. The molecule has 0 saturated carbocycles. The van der Waals surface area contributed by atoms with E-state index in [0.29, 0.717) is 6.54 Å². The summed E-state index contributed by atoms with van der Waals surface area (Å²) in [4.78, 5) is 26.0. The quantitative estimate of drug-likeness (QED) is 0.797. The maximum atomic E-state index is 12.4. The molecule has 0 aromatic heterocycles. The van der Waals surface area contributed by atoms with Crippen LogP contribution in [0.1, 0.15) is 46.6 Å². The Morgan fingerprint density at radius 1 is 1.18 bits per heavy atom. The van der Waals surface area contributed by atoms with Gasteiger partial charge in [0.15, 0.2) is 5.78 Å². The van der Waals surface area contributed by atoms with E-state index >= 15 is 0 Å². The summed E-state index contributed by atoms with van der Waals surface area (Å²) < 4.78 is 5.42. The second-order valence-corrected chi connectivity index (χ2v) is 6.60. The maximum absolute atomic E-state index is 12.4.